The molecular formula is C19H31O5PS. The molecule has 0 amide bonds. The van der Waals surface area contributed by atoms with E-state index in [1.54, 1.807) is 25.6 Å². The third-order valence-electron chi connectivity index (χ3n) is 5.75. The van der Waals surface area contributed by atoms with Crippen molar-refractivity contribution in [2.75, 3.05) is 19.0 Å². The number of carbonyl (C=O) groups is 1. The molecule has 0 bridgehead atoms. The molecule has 0 saturated heterocycles. The van der Waals surface area contributed by atoms with Crippen LogP contribution < -0.4 is 0 Å². The molecule has 2 saturated carbocycles. The summed E-state index contributed by atoms with van der Waals surface area (Å²) in [6, 6.07) is 0. The molecule has 3 aliphatic carbocycles. The van der Waals surface area contributed by atoms with Crippen LogP contribution in [0.3, 0.4) is 0 Å². The summed E-state index contributed by atoms with van der Waals surface area (Å²) >= 11 is 1.74. The Morgan fingerprint density at radius 3 is 2.42 bits per heavy atom. The first-order chi connectivity index (χ1) is 12.5. The smallest absolute Gasteiger partial charge is 0.407 e. The molecule has 0 aromatic rings. The number of phosphoric ester groups is 1. The molecule has 0 aromatic carbocycles. The van der Waals surface area contributed by atoms with Gasteiger partial charge in [0.1, 0.15) is 11.5 Å². The van der Waals surface area contributed by atoms with Crippen LogP contribution in [0.5, 0.6) is 0 Å². The normalized spacial score (nSPS) is 31.7. The minimum atomic E-state index is -3.65. The third kappa shape index (κ3) is 3.94. The Morgan fingerprint density at radius 1 is 1.08 bits per heavy atom. The Balaban J connectivity index is 2.00. The molecule has 0 aliphatic heterocycles. The number of fused-ring (bicyclic) bond motifs is 3. The summed E-state index contributed by atoms with van der Waals surface area (Å²) in [5.41, 5.74) is 1.27. The van der Waals surface area contributed by atoms with Gasteiger partial charge in [-0.15, -0.1) is 11.8 Å². The summed E-state index contributed by atoms with van der Waals surface area (Å²) in [6.07, 6.45) is 5.96. The standard InChI is InChI=1S/C19H31O5PS/c1-4-22-25(21,23-5-2)24-18-15-11-7-9-13(15)14-10-8-12-16(20)17(14)19(18)26-6-3/h13-14,17,19H,4-12H2,1-3H3/t13-,14+,17-,19+/m1/s1. The predicted octanol–water partition coefficient (Wildman–Crippen LogP) is 5.36. The van der Waals surface area contributed by atoms with Crippen LogP contribution >= 0.6 is 19.6 Å². The number of Topliss-reactive ketones (excluding diaryl/α,β-unsaturated/α-hetero) is 1. The van der Waals surface area contributed by atoms with Crippen molar-refractivity contribution in [3.63, 3.8) is 0 Å². The van der Waals surface area contributed by atoms with Crippen molar-refractivity contribution in [2.45, 2.75) is 64.5 Å². The number of ketones is 1. The van der Waals surface area contributed by atoms with E-state index in [4.69, 9.17) is 13.6 Å². The summed E-state index contributed by atoms with van der Waals surface area (Å²) in [4.78, 5) is 12.8. The van der Waals surface area contributed by atoms with Crippen molar-refractivity contribution < 1.29 is 22.9 Å². The van der Waals surface area contributed by atoms with Crippen LogP contribution in [0.1, 0.15) is 59.3 Å². The first-order valence-corrected chi connectivity index (χ1v) is 12.5. The zero-order valence-electron chi connectivity index (χ0n) is 16.1. The van der Waals surface area contributed by atoms with E-state index >= 15 is 0 Å². The van der Waals surface area contributed by atoms with Crippen LogP contribution in [0, 0.1) is 17.8 Å². The molecule has 0 N–H and O–H groups in total. The fourth-order valence-electron chi connectivity index (χ4n) is 4.93. The Morgan fingerprint density at radius 2 is 1.77 bits per heavy atom. The van der Waals surface area contributed by atoms with Crippen LogP contribution in [-0.4, -0.2) is 30.0 Å². The molecule has 2 fully saturated rings. The highest BCUT2D eigenvalue weighted by Crippen LogP contribution is 2.59. The van der Waals surface area contributed by atoms with Gasteiger partial charge in [0.05, 0.1) is 18.5 Å². The maximum Gasteiger partial charge on any atom is 0.529 e. The van der Waals surface area contributed by atoms with E-state index in [1.807, 2.05) is 0 Å². The summed E-state index contributed by atoms with van der Waals surface area (Å²) in [5.74, 6) is 2.77. The fourth-order valence-corrected chi connectivity index (χ4v) is 7.56. The molecule has 0 radical (unpaired) electrons. The largest absolute Gasteiger partial charge is 0.529 e. The molecule has 0 unspecified atom stereocenters. The number of rotatable bonds is 8. The van der Waals surface area contributed by atoms with Gasteiger partial charge >= 0.3 is 7.82 Å². The molecule has 0 heterocycles. The van der Waals surface area contributed by atoms with E-state index in [2.05, 4.69) is 6.92 Å². The first-order valence-electron chi connectivity index (χ1n) is 10.0. The third-order valence-corrected chi connectivity index (χ3v) is 8.52. The highest BCUT2D eigenvalue weighted by molar-refractivity contribution is 8.00. The molecular weight excluding hydrogens is 371 g/mol. The van der Waals surface area contributed by atoms with Gasteiger partial charge < -0.3 is 4.52 Å². The lowest BCUT2D eigenvalue weighted by Crippen LogP contribution is -2.44. The molecule has 26 heavy (non-hydrogen) atoms. The number of hydrogen-bond donors (Lipinski definition) is 0. The van der Waals surface area contributed by atoms with Crippen LogP contribution in [0.15, 0.2) is 11.3 Å². The van der Waals surface area contributed by atoms with Crippen molar-refractivity contribution >= 4 is 25.4 Å². The number of allylic oxidation sites excluding steroid dienone is 1. The van der Waals surface area contributed by atoms with E-state index in [-0.39, 0.29) is 24.4 Å². The Bertz CT molecular complexity index is 595. The van der Waals surface area contributed by atoms with Crippen molar-refractivity contribution in [3.05, 3.63) is 11.3 Å². The molecule has 148 valence electrons. The van der Waals surface area contributed by atoms with Crippen LogP contribution in [0.4, 0.5) is 0 Å². The van der Waals surface area contributed by atoms with Crippen LogP contribution in [-0.2, 0) is 22.9 Å². The van der Waals surface area contributed by atoms with E-state index in [1.165, 1.54) is 5.57 Å². The number of thioether (sulfide) groups is 1. The van der Waals surface area contributed by atoms with E-state index in [0.717, 1.165) is 43.6 Å². The van der Waals surface area contributed by atoms with Gasteiger partial charge in [0.15, 0.2) is 0 Å². The topological polar surface area (TPSA) is 61.8 Å². The van der Waals surface area contributed by atoms with Crippen molar-refractivity contribution in [2.24, 2.45) is 17.8 Å². The van der Waals surface area contributed by atoms with E-state index in [9.17, 15) is 9.36 Å². The second kappa shape index (κ2) is 8.81. The van der Waals surface area contributed by atoms with E-state index < -0.39 is 7.82 Å². The molecule has 0 aromatic heterocycles. The lowest BCUT2D eigenvalue weighted by molar-refractivity contribution is -0.127. The Labute approximate surface area is 161 Å². The second-order valence-electron chi connectivity index (χ2n) is 7.19. The molecule has 4 atom stereocenters. The monoisotopic (exact) mass is 402 g/mol. The molecule has 5 nitrogen and oxygen atoms in total. The van der Waals surface area contributed by atoms with Gasteiger partial charge in [0.2, 0.25) is 0 Å². The maximum atomic E-state index is 13.1. The predicted molar refractivity (Wildman–Crippen MR) is 104 cm³/mol. The van der Waals surface area contributed by atoms with Gasteiger partial charge in [-0.05, 0) is 69.1 Å². The molecule has 0 spiro atoms. The highest BCUT2D eigenvalue weighted by atomic mass is 32.2. The van der Waals surface area contributed by atoms with Gasteiger partial charge in [-0.1, -0.05) is 6.92 Å². The minimum Gasteiger partial charge on any atom is -0.407 e. The van der Waals surface area contributed by atoms with Gasteiger partial charge in [-0.3, -0.25) is 13.8 Å². The Kier molecular flexibility index (Phi) is 6.93. The van der Waals surface area contributed by atoms with E-state index in [0.29, 0.717) is 24.0 Å². The van der Waals surface area contributed by atoms with Gasteiger partial charge in [-0.2, -0.15) is 0 Å². The van der Waals surface area contributed by atoms with Crippen molar-refractivity contribution in [3.8, 4) is 0 Å². The summed E-state index contributed by atoms with van der Waals surface area (Å²) < 4.78 is 29.9. The number of carbonyl (C=O) groups excluding carboxylic acids is 1. The summed E-state index contributed by atoms with van der Waals surface area (Å²) in [6.45, 7) is 6.19. The highest BCUT2D eigenvalue weighted by Gasteiger charge is 2.51. The van der Waals surface area contributed by atoms with Crippen LogP contribution in [0.25, 0.3) is 0 Å². The fraction of sp³-hybridized carbons (Fsp3) is 0.842. The van der Waals surface area contributed by atoms with Crippen molar-refractivity contribution in [1.82, 2.24) is 0 Å². The lowest BCUT2D eigenvalue weighted by atomic mass is 9.65. The average molecular weight is 402 g/mol. The molecule has 3 aliphatic rings. The van der Waals surface area contributed by atoms with Gasteiger partial charge in [-0.25, -0.2) is 4.57 Å². The summed E-state index contributed by atoms with van der Waals surface area (Å²) in [5, 5.41) is -0.0589. The molecule has 7 heteroatoms. The SMILES string of the molecule is CCOP(=O)(OCC)OC1=C2CCC[C@@H]2[C@@H]2CCCC(=O)[C@@H]2[C@@H]1SCC. The van der Waals surface area contributed by atoms with Crippen LogP contribution in [0.2, 0.25) is 0 Å². The molecule has 3 rings (SSSR count). The average Bonchev–Trinajstić information content (AvgIpc) is 3.08. The number of phosphoric acid groups is 1. The van der Waals surface area contributed by atoms with Crippen molar-refractivity contribution in [1.29, 1.82) is 0 Å². The lowest BCUT2D eigenvalue weighted by Gasteiger charge is -2.44. The second-order valence-corrected chi connectivity index (χ2v) is 10.2. The first kappa shape index (κ1) is 20.4. The summed E-state index contributed by atoms with van der Waals surface area (Å²) in [7, 11) is -3.65. The maximum absolute atomic E-state index is 13.1. The zero-order valence-corrected chi connectivity index (χ0v) is 17.8. The van der Waals surface area contributed by atoms with Gasteiger partial charge in [0, 0.05) is 12.3 Å². The Hall–Kier alpha value is -0.290. The van der Waals surface area contributed by atoms with Gasteiger partial charge in [0.25, 0.3) is 0 Å². The minimum absolute atomic E-state index is 0.0211. The quantitative estimate of drug-likeness (QED) is 0.510. The zero-order chi connectivity index (χ0) is 18.7. The number of hydrogen-bond acceptors (Lipinski definition) is 6.